The molecule has 4 rings (SSSR count). The van der Waals surface area contributed by atoms with Gasteiger partial charge in [0.1, 0.15) is 6.04 Å². The summed E-state index contributed by atoms with van der Waals surface area (Å²) in [7, 11) is 2.96. The van der Waals surface area contributed by atoms with Gasteiger partial charge in [-0.05, 0) is 62.2 Å². The first-order valence-electron chi connectivity index (χ1n) is 11.1. The molecule has 4 aliphatic rings. The minimum absolute atomic E-state index is 0.0275. The van der Waals surface area contributed by atoms with Crippen molar-refractivity contribution in [2.24, 2.45) is 29.1 Å². The van der Waals surface area contributed by atoms with Crippen molar-refractivity contribution < 1.29 is 23.9 Å². The molecule has 0 heterocycles. The van der Waals surface area contributed by atoms with Crippen LogP contribution in [0, 0.1) is 29.1 Å². The normalized spacial score (nSPS) is 30.0. The highest BCUT2D eigenvalue weighted by molar-refractivity contribution is 5.90. The van der Waals surface area contributed by atoms with Crippen LogP contribution in [-0.2, 0) is 23.9 Å². The lowest BCUT2D eigenvalue weighted by Crippen LogP contribution is -2.57. The second kappa shape index (κ2) is 8.94. The number of likely N-dealkylation sites (N-methyl/N-ethyl adjacent to an activating group) is 2. The van der Waals surface area contributed by atoms with E-state index in [2.05, 4.69) is 10.6 Å². The largest absolute Gasteiger partial charge is 0.454 e. The van der Waals surface area contributed by atoms with Gasteiger partial charge in [0.15, 0.2) is 6.61 Å². The lowest BCUT2D eigenvalue weighted by atomic mass is 9.49. The molecular formula is C22H35N3O5. The van der Waals surface area contributed by atoms with Crippen LogP contribution in [0.5, 0.6) is 0 Å². The Morgan fingerprint density at radius 1 is 1.03 bits per heavy atom. The molecule has 8 nitrogen and oxygen atoms in total. The van der Waals surface area contributed by atoms with Gasteiger partial charge in [0, 0.05) is 19.5 Å². The Balaban J connectivity index is 1.56. The van der Waals surface area contributed by atoms with E-state index in [1.54, 1.807) is 0 Å². The summed E-state index contributed by atoms with van der Waals surface area (Å²) < 4.78 is 5.21. The van der Waals surface area contributed by atoms with Crippen molar-refractivity contribution in [3.63, 3.8) is 0 Å². The third-order valence-electron chi connectivity index (χ3n) is 7.15. The minimum atomic E-state index is -0.789. The molecule has 168 valence electrons. The van der Waals surface area contributed by atoms with E-state index < -0.39 is 24.5 Å². The molecule has 0 radical (unpaired) electrons. The fraction of sp³-hybridized carbons (Fsp3) is 0.818. The average molecular weight is 422 g/mol. The van der Waals surface area contributed by atoms with Crippen LogP contribution in [0.1, 0.15) is 52.4 Å². The monoisotopic (exact) mass is 421 g/mol. The Kier molecular flexibility index (Phi) is 6.72. The molecule has 30 heavy (non-hydrogen) atoms. The highest BCUT2D eigenvalue weighted by atomic mass is 16.5. The summed E-state index contributed by atoms with van der Waals surface area (Å²) in [6, 6.07) is -0.789. The number of carbonyl (C=O) groups is 4. The summed E-state index contributed by atoms with van der Waals surface area (Å²) in [4.78, 5) is 50.7. The zero-order valence-electron chi connectivity index (χ0n) is 18.5. The topological polar surface area (TPSA) is 105 Å². The molecule has 4 saturated carbocycles. The quantitative estimate of drug-likeness (QED) is 0.571. The van der Waals surface area contributed by atoms with Crippen molar-refractivity contribution in [2.75, 3.05) is 27.2 Å². The molecule has 0 saturated heterocycles. The number of carbonyl (C=O) groups excluding carboxylic acids is 4. The fourth-order valence-electron chi connectivity index (χ4n) is 5.90. The van der Waals surface area contributed by atoms with Crippen LogP contribution < -0.4 is 10.6 Å². The number of hydrogen-bond acceptors (Lipinski definition) is 5. The van der Waals surface area contributed by atoms with Crippen molar-refractivity contribution in [3.05, 3.63) is 0 Å². The number of hydrogen-bond donors (Lipinski definition) is 2. The van der Waals surface area contributed by atoms with Gasteiger partial charge in [-0.1, -0.05) is 13.8 Å². The van der Waals surface area contributed by atoms with Gasteiger partial charge in [0.2, 0.25) is 11.8 Å². The number of rotatable bonds is 8. The molecule has 0 unspecified atom stereocenters. The van der Waals surface area contributed by atoms with Gasteiger partial charge in [-0.3, -0.25) is 14.4 Å². The molecule has 4 bridgehead atoms. The molecule has 8 heteroatoms. The summed E-state index contributed by atoms with van der Waals surface area (Å²) in [5, 5.41) is 5.40. The van der Waals surface area contributed by atoms with Gasteiger partial charge in [-0.15, -0.1) is 0 Å². The Bertz CT molecular complexity index is 670. The first kappa shape index (κ1) is 22.6. The summed E-state index contributed by atoms with van der Waals surface area (Å²) in [5.41, 5.74) is -0.342. The number of nitrogens with zero attached hydrogens (tertiary/aromatic N) is 1. The first-order valence-corrected chi connectivity index (χ1v) is 11.1. The molecule has 4 aliphatic carbocycles. The van der Waals surface area contributed by atoms with Gasteiger partial charge >= 0.3 is 5.97 Å². The third kappa shape index (κ3) is 4.78. The van der Waals surface area contributed by atoms with Crippen molar-refractivity contribution >= 4 is 23.7 Å². The maximum absolute atomic E-state index is 13.3. The summed E-state index contributed by atoms with van der Waals surface area (Å²) >= 11 is 0. The molecule has 0 aliphatic heterocycles. The standard InChI is InChI=1S/C22H35N3O5/c1-13(2)19(20(28)30-12-18(27)25(4)11-17(26)23-3)24-21(29)22-8-14-5-15(9-22)7-16(6-14)10-22/h13-16,19H,5-12H2,1-4H3,(H,23,26)(H,24,29)/t14?,15?,16?,19-,22?/m0/s1. The Morgan fingerprint density at radius 3 is 2.03 bits per heavy atom. The van der Waals surface area contributed by atoms with Crippen LogP contribution in [0.2, 0.25) is 0 Å². The molecular weight excluding hydrogens is 386 g/mol. The van der Waals surface area contributed by atoms with E-state index >= 15 is 0 Å². The van der Waals surface area contributed by atoms with Gasteiger partial charge in [-0.2, -0.15) is 0 Å². The van der Waals surface area contributed by atoms with E-state index in [-0.39, 0.29) is 29.7 Å². The molecule has 1 atom stereocenters. The van der Waals surface area contributed by atoms with E-state index in [0.717, 1.165) is 19.3 Å². The van der Waals surface area contributed by atoms with Crippen molar-refractivity contribution in [1.29, 1.82) is 0 Å². The van der Waals surface area contributed by atoms with Crippen LogP contribution >= 0.6 is 0 Å². The molecule has 2 N–H and O–H groups in total. The van der Waals surface area contributed by atoms with Crippen molar-refractivity contribution in [3.8, 4) is 0 Å². The van der Waals surface area contributed by atoms with Crippen molar-refractivity contribution in [2.45, 2.75) is 58.4 Å². The molecule has 4 fully saturated rings. The van der Waals surface area contributed by atoms with E-state index in [1.165, 1.54) is 38.3 Å². The second-order valence-corrected chi connectivity index (χ2v) is 9.92. The maximum atomic E-state index is 13.3. The molecule has 0 spiro atoms. The maximum Gasteiger partial charge on any atom is 0.329 e. The number of esters is 1. The van der Waals surface area contributed by atoms with E-state index in [9.17, 15) is 19.2 Å². The van der Waals surface area contributed by atoms with Gasteiger partial charge in [-0.25, -0.2) is 4.79 Å². The molecule has 3 amide bonds. The highest BCUT2D eigenvalue weighted by Gasteiger charge is 2.55. The smallest absolute Gasteiger partial charge is 0.329 e. The summed E-state index contributed by atoms with van der Waals surface area (Å²) in [6.45, 7) is 3.14. The number of amides is 3. The zero-order valence-corrected chi connectivity index (χ0v) is 18.5. The SMILES string of the molecule is CNC(=O)CN(C)C(=O)COC(=O)[C@@H](NC(=O)C12CC3CC(CC(C3)C1)C2)C(C)C. The zero-order chi connectivity index (χ0) is 22.1. The van der Waals surface area contributed by atoms with Gasteiger partial charge in [0.25, 0.3) is 5.91 Å². The molecule has 0 aromatic carbocycles. The first-order chi connectivity index (χ1) is 14.1. The molecule has 0 aromatic rings. The van der Waals surface area contributed by atoms with Crippen LogP contribution in [0.3, 0.4) is 0 Å². The van der Waals surface area contributed by atoms with Gasteiger partial charge < -0.3 is 20.3 Å². The third-order valence-corrected chi connectivity index (χ3v) is 7.15. The number of ether oxygens (including phenoxy) is 1. The predicted octanol–water partition coefficient (Wildman–Crippen LogP) is 1.09. The van der Waals surface area contributed by atoms with E-state index in [0.29, 0.717) is 17.8 Å². The van der Waals surface area contributed by atoms with Crippen LogP contribution in [0.25, 0.3) is 0 Å². The Hall–Kier alpha value is -2.12. The predicted molar refractivity (Wildman–Crippen MR) is 110 cm³/mol. The van der Waals surface area contributed by atoms with Crippen LogP contribution in [0.4, 0.5) is 0 Å². The lowest BCUT2D eigenvalue weighted by molar-refractivity contribution is -0.158. The fourth-order valence-corrected chi connectivity index (χ4v) is 5.90. The minimum Gasteiger partial charge on any atom is -0.454 e. The van der Waals surface area contributed by atoms with E-state index in [1.807, 2.05) is 13.8 Å². The second-order valence-electron chi connectivity index (χ2n) is 9.92. The van der Waals surface area contributed by atoms with Gasteiger partial charge in [0.05, 0.1) is 6.54 Å². The lowest BCUT2D eigenvalue weighted by Gasteiger charge is -2.55. The average Bonchev–Trinajstić information content (AvgIpc) is 2.68. The number of nitrogens with one attached hydrogen (secondary N) is 2. The van der Waals surface area contributed by atoms with Crippen LogP contribution in [0.15, 0.2) is 0 Å². The van der Waals surface area contributed by atoms with Crippen LogP contribution in [-0.4, -0.2) is 61.9 Å². The summed E-state index contributed by atoms with van der Waals surface area (Å²) in [5.74, 6) is 0.348. The van der Waals surface area contributed by atoms with Crippen molar-refractivity contribution in [1.82, 2.24) is 15.5 Å². The van der Waals surface area contributed by atoms with E-state index in [4.69, 9.17) is 4.74 Å². The Morgan fingerprint density at radius 2 is 1.57 bits per heavy atom. The highest BCUT2D eigenvalue weighted by Crippen LogP contribution is 2.60. The Labute approximate surface area is 178 Å². The molecule has 0 aromatic heterocycles. The summed E-state index contributed by atoms with van der Waals surface area (Å²) in [6.07, 6.45) is 6.50.